The monoisotopic (exact) mass is 368 g/mol. The number of nitrogens with zero attached hydrogens (tertiary/aromatic N) is 2. The van der Waals surface area contributed by atoms with E-state index in [1.54, 1.807) is 13.2 Å². The first kappa shape index (κ1) is 17.7. The smallest absolute Gasteiger partial charge is 0.131 e. The van der Waals surface area contributed by atoms with Crippen molar-refractivity contribution in [2.24, 2.45) is 0 Å². The molecule has 0 bridgehead atoms. The van der Waals surface area contributed by atoms with Crippen molar-refractivity contribution in [3.63, 3.8) is 0 Å². The van der Waals surface area contributed by atoms with Gasteiger partial charge >= 0.3 is 0 Å². The minimum absolute atomic E-state index is 0.284. The fourth-order valence-electron chi connectivity index (χ4n) is 3.94. The van der Waals surface area contributed by atoms with Crippen molar-refractivity contribution < 1.29 is 13.5 Å². The van der Waals surface area contributed by atoms with Crippen molar-refractivity contribution in [1.29, 1.82) is 0 Å². The van der Waals surface area contributed by atoms with Crippen LogP contribution in [-0.2, 0) is 13.1 Å². The summed E-state index contributed by atoms with van der Waals surface area (Å²) >= 11 is 0. The second kappa shape index (κ2) is 7.53. The van der Waals surface area contributed by atoms with Crippen LogP contribution >= 0.6 is 0 Å². The summed E-state index contributed by atoms with van der Waals surface area (Å²) in [7, 11) is 1.66. The summed E-state index contributed by atoms with van der Waals surface area (Å²) in [6, 6.07) is 15.5. The maximum absolute atomic E-state index is 14.7. The Bertz CT molecular complexity index is 938. The van der Waals surface area contributed by atoms with Crippen molar-refractivity contribution >= 4 is 0 Å². The van der Waals surface area contributed by atoms with Gasteiger partial charge in [-0.2, -0.15) is 0 Å². The molecular formula is C22H22F2N2O. The Morgan fingerprint density at radius 2 is 1.89 bits per heavy atom. The highest BCUT2D eigenvalue weighted by Gasteiger charge is 2.30. The van der Waals surface area contributed by atoms with Gasteiger partial charge in [-0.1, -0.05) is 24.3 Å². The van der Waals surface area contributed by atoms with Crippen LogP contribution in [0.15, 0.2) is 60.8 Å². The molecule has 3 nitrogen and oxygen atoms in total. The Kier molecular flexibility index (Phi) is 4.94. The van der Waals surface area contributed by atoms with Crippen LogP contribution in [0.3, 0.4) is 0 Å². The number of rotatable bonds is 4. The molecule has 1 aliphatic rings. The topological polar surface area (TPSA) is 17.4 Å². The average molecular weight is 368 g/mol. The maximum Gasteiger partial charge on any atom is 0.131 e. The summed E-state index contributed by atoms with van der Waals surface area (Å²) in [5.41, 5.74) is 2.56. The van der Waals surface area contributed by atoms with Crippen LogP contribution in [-0.4, -0.2) is 23.1 Å². The zero-order valence-corrected chi connectivity index (χ0v) is 15.2. The Morgan fingerprint density at radius 1 is 1.04 bits per heavy atom. The van der Waals surface area contributed by atoms with Gasteiger partial charge in [-0.15, -0.1) is 0 Å². The lowest BCUT2D eigenvalue weighted by atomic mass is 10.00. The van der Waals surface area contributed by atoms with Gasteiger partial charge in [-0.05, 0) is 30.7 Å². The first-order chi connectivity index (χ1) is 13.2. The molecule has 0 N–H and O–H groups in total. The van der Waals surface area contributed by atoms with E-state index in [1.165, 1.54) is 6.07 Å². The summed E-state index contributed by atoms with van der Waals surface area (Å²) < 4.78 is 35.9. The molecule has 1 atom stereocenters. The predicted octanol–water partition coefficient (Wildman–Crippen LogP) is 4.77. The highest BCUT2D eigenvalue weighted by molar-refractivity contribution is 5.35. The van der Waals surface area contributed by atoms with E-state index in [4.69, 9.17) is 4.74 Å². The Labute approximate surface area is 157 Å². The summed E-state index contributed by atoms with van der Waals surface area (Å²) in [5, 5.41) is 0. The summed E-state index contributed by atoms with van der Waals surface area (Å²) in [4.78, 5) is 2.24. The normalized spacial score (nSPS) is 17.4. The number of ether oxygens (including phenoxy) is 1. The first-order valence-electron chi connectivity index (χ1n) is 9.13. The lowest BCUT2D eigenvalue weighted by molar-refractivity contribution is 0.213. The van der Waals surface area contributed by atoms with E-state index in [9.17, 15) is 8.78 Å². The van der Waals surface area contributed by atoms with Crippen molar-refractivity contribution in [3.05, 3.63) is 89.2 Å². The minimum Gasteiger partial charge on any atom is -0.496 e. The van der Waals surface area contributed by atoms with Crippen LogP contribution in [0.5, 0.6) is 5.75 Å². The van der Waals surface area contributed by atoms with Gasteiger partial charge in [-0.3, -0.25) is 4.90 Å². The van der Waals surface area contributed by atoms with E-state index in [0.29, 0.717) is 12.1 Å². The summed E-state index contributed by atoms with van der Waals surface area (Å²) in [5.74, 6) is -0.258. The van der Waals surface area contributed by atoms with E-state index in [2.05, 4.69) is 9.47 Å². The molecule has 0 spiro atoms. The van der Waals surface area contributed by atoms with E-state index in [-0.39, 0.29) is 6.04 Å². The third-order valence-electron chi connectivity index (χ3n) is 5.18. The van der Waals surface area contributed by atoms with Crippen LogP contribution < -0.4 is 4.74 Å². The predicted molar refractivity (Wildman–Crippen MR) is 101 cm³/mol. The maximum atomic E-state index is 14.7. The number of fused-ring (bicyclic) bond motifs is 1. The number of methoxy groups -OCH3 is 1. The molecule has 0 radical (unpaired) electrons. The number of para-hydroxylation sites is 1. The molecule has 1 aliphatic heterocycles. The lowest BCUT2D eigenvalue weighted by Crippen LogP contribution is -2.30. The highest BCUT2D eigenvalue weighted by Crippen LogP contribution is 2.35. The van der Waals surface area contributed by atoms with Crippen molar-refractivity contribution in [1.82, 2.24) is 9.47 Å². The SMILES string of the molecule is COc1ccccc1CN1CCCn2cccc2[C@@H]1c1ccc(F)cc1F. The molecule has 0 fully saturated rings. The van der Waals surface area contributed by atoms with Crippen LogP contribution in [0.1, 0.15) is 29.3 Å². The second-order valence-electron chi connectivity index (χ2n) is 6.83. The molecule has 0 amide bonds. The molecule has 5 heteroatoms. The number of aromatic nitrogens is 1. The molecule has 27 heavy (non-hydrogen) atoms. The fraction of sp³-hybridized carbons (Fsp3) is 0.273. The van der Waals surface area contributed by atoms with Gasteiger partial charge in [0, 0.05) is 48.7 Å². The molecule has 4 rings (SSSR count). The zero-order chi connectivity index (χ0) is 18.8. The minimum atomic E-state index is -0.559. The molecule has 0 saturated carbocycles. The van der Waals surface area contributed by atoms with Crippen LogP contribution in [0.25, 0.3) is 0 Å². The Balaban J connectivity index is 1.78. The average Bonchev–Trinajstić information content (AvgIpc) is 3.05. The largest absolute Gasteiger partial charge is 0.496 e. The lowest BCUT2D eigenvalue weighted by Gasteiger charge is -2.31. The molecular weight excluding hydrogens is 346 g/mol. The standard InChI is InChI=1S/C22H22F2N2O/c1-27-21-8-3-2-6-16(21)15-26-13-5-12-25-11-4-7-20(25)22(26)18-10-9-17(23)14-19(18)24/h2-4,6-11,14,22H,5,12-13,15H2,1H3/t22-/m0/s1. The Hall–Kier alpha value is -2.66. The number of halogens is 2. The van der Waals surface area contributed by atoms with Gasteiger partial charge in [0.2, 0.25) is 0 Å². The second-order valence-corrected chi connectivity index (χ2v) is 6.83. The highest BCUT2D eigenvalue weighted by atomic mass is 19.1. The number of hydrogen-bond donors (Lipinski definition) is 0. The molecule has 3 aromatic rings. The fourth-order valence-corrected chi connectivity index (χ4v) is 3.94. The molecule has 0 saturated heterocycles. The summed E-state index contributed by atoms with van der Waals surface area (Å²) in [6.45, 7) is 2.31. The van der Waals surface area contributed by atoms with Gasteiger partial charge in [0.25, 0.3) is 0 Å². The van der Waals surface area contributed by atoms with Crippen molar-refractivity contribution in [2.75, 3.05) is 13.7 Å². The number of benzene rings is 2. The first-order valence-corrected chi connectivity index (χ1v) is 9.13. The van der Waals surface area contributed by atoms with E-state index < -0.39 is 11.6 Å². The third kappa shape index (κ3) is 3.47. The van der Waals surface area contributed by atoms with Gasteiger partial charge in [0.1, 0.15) is 17.4 Å². The van der Waals surface area contributed by atoms with Gasteiger partial charge in [0.15, 0.2) is 0 Å². The molecule has 0 aliphatic carbocycles. The molecule has 1 aromatic heterocycles. The van der Waals surface area contributed by atoms with Crippen LogP contribution in [0.4, 0.5) is 8.78 Å². The van der Waals surface area contributed by atoms with E-state index in [1.807, 2.05) is 42.6 Å². The van der Waals surface area contributed by atoms with E-state index >= 15 is 0 Å². The molecule has 2 aromatic carbocycles. The van der Waals surface area contributed by atoms with Crippen molar-refractivity contribution in [3.8, 4) is 5.75 Å². The Morgan fingerprint density at radius 3 is 2.70 bits per heavy atom. The van der Waals surface area contributed by atoms with E-state index in [0.717, 1.165) is 42.6 Å². The quantitative estimate of drug-likeness (QED) is 0.660. The van der Waals surface area contributed by atoms with Gasteiger partial charge < -0.3 is 9.30 Å². The number of hydrogen-bond acceptors (Lipinski definition) is 2. The summed E-state index contributed by atoms with van der Waals surface area (Å²) in [6.07, 6.45) is 2.98. The van der Waals surface area contributed by atoms with Crippen molar-refractivity contribution in [2.45, 2.75) is 25.6 Å². The van der Waals surface area contributed by atoms with Gasteiger partial charge in [-0.25, -0.2) is 8.78 Å². The van der Waals surface area contributed by atoms with Gasteiger partial charge in [0.05, 0.1) is 13.2 Å². The third-order valence-corrected chi connectivity index (χ3v) is 5.18. The van der Waals surface area contributed by atoms with Crippen LogP contribution in [0.2, 0.25) is 0 Å². The molecule has 2 heterocycles. The molecule has 0 unspecified atom stereocenters. The van der Waals surface area contributed by atoms with Crippen LogP contribution in [0, 0.1) is 11.6 Å². The molecule has 140 valence electrons. The zero-order valence-electron chi connectivity index (χ0n) is 15.2. The number of aryl methyl sites for hydroxylation is 1.